The van der Waals surface area contributed by atoms with Crippen LogP contribution in [0.5, 0.6) is 0 Å². The highest BCUT2D eigenvalue weighted by Crippen LogP contribution is 2.23. The van der Waals surface area contributed by atoms with Gasteiger partial charge in [0, 0.05) is 32.2 Å². The summed E-state index contributed by atoms with van der Waals surface area (Å²) >= 11 is 0. The van der Waals surface area contributed by atoms with Gasteiger partial charge < -0.3 is 11.1 Å². The fraction of sp³-hybridized carbons (Fsp3) is 0.909. The van der Waals surface area contributed by atoms with Crippen molar-refractivity contribution in [2.24, 2.45) is 11.7 Å². The van der Waals surface area contributed by atoms with Crippen LogP contribution in [0.4, 0.5) is 0 Å². The Morgan fingerprint density at radius 1 is 1.32 bits per heavy atom. The second kappa shape index (κ2) is 6.17. The maximum absolute atomic E-state index is 12.1. The molecule has 1 saturated carbocycles. The fourth-order valence-electron chi connectivity index (χ4n) is 2.20. The summed E-state index contributed by atoms with van der Waals surface area (Å²) in [6.07, 6.45) is 3.26. The van der Waals surface area contributed by atoms with E-state index >= 15 is 0 Å². The molecule has 4 N–H and O–H groups in total. The third kappa shape index (κ3) is 4.13. The molecule has 1 aliphatic carbocycles. The van der Waals surface area contributed by atoms with E-state index in [0.29, 0.717) is 26.1 Å². The van der Waals surface area contributed by atoms with E-state index in [0.717, 1.165) is 19.3 Å². The van der Waals surface area contributed by atoms with Crippen LogP contribution in [0, 0.1) is 5.92 Å². The van der Waals surface area contributed by atoms with E-state index < -0.39 is 10.2 Å². The van der Waals surface area contributed by atoms with Crippen molar-refractivity contribution >= 4 is 16.1 Å². The normalized spacial score (nSPS) is 25.2. The summed E-state index contributed by atoms with van der Waals surface area (Å²) in [7, 11) is -3.43. The number of nitrogens with one attached hydrogen (secondary N) is 2. The van der Waals surface area contributed by atoms with Crippen molar-refractivity contribution in [1.82, 2.24) is 14.3 Å². The number of amides is 1. The van der Waals surface area contributed by atoms with Crippen LogP contribution in [0.25, 0.3) is 0 Å². The summed E-state index contributed by atoms with van der Waals surface area (Å²) in [5.74, 6) is -0.368. The Balaban J connectivity index is 1.90. The van der Waals surface area contributed by atoms with Crippen molar-refractivity contribution in [3.63, 3.8) is 0 Å². The van der Waals surface area contributed by atoms with Crippen LogP contribution >= 0.6 is 0 Å². The zero-order valence-corrected chi connectivity index (χ0v) is 11.8. The number of rotatable bonds is 6. The number of nitrogens with two attached hydrogens (primary N) is 1. The first-order chi connectivity index (χ1) is 9.03. The van der Waals surface area contributed by atoms with Crippen molar-refractivity contribution in [3.05, 3.63) is 0 Å². The van der Waals surface area contributed by atoms with Gasteiger partial charge in [-0.05, 0) is 25.7 Å². The van der Waals surface area contributed by atoms with Crippen molar-refractivity contribution in [2.75, 3.05) is 26.2 Å². The zero-order chi connectivity index (χ0) is 13.9. The Bertz CT molecular complexity index is 422. The topological polar surface area (TPSA) is 105 Å². The van der Waals surface area contributed by atoms with Crippen LogP contribution in [0.1, 0.15) is 25.7 Å². The van der Waals surface area contributed by atoms with Gasteiger partial charge in [-0.3, -0.25) is 4.79 Å². The highest BCUT2D eigenvalue weighted by Gasteiger charge is 2.35. The first-order valence-electron chi connectivity index (χ1n) is 6.78. The molecular formula is C11H22N4O3S. The Labute approximate surface area is 114 Å². The lowest BCUT2D eigenvalue weighted by Gasteiger charge is -2.31. The number of piperidine rings is 1. The van der Waals surface area contributed by atoms with Crippen LogP contribution < -0.4 is 15.8 Å². The van der Waals surface area contributed by atoms with Crippen LogP contribution in [-0.4, -0.2) is 50.9 Å². The van der Waals surface area contributed by atoms with Gasteiger partial charge >= 0.3 is 0 Å². The van der Waals surface area contributed by atoms with Crippen LogP contribution in [0.15, 0.2) is 0 Å². The molecule has 7 nitrogen and oxygen atoms in total. The average Bonchev–Trinajstić information content (AvgIpc) is 3.19. The second-order valence-electron chi connectivity index (χ2n) is 5.17. The summed E-state index contributed by atoms with van der Waals surface area (Å²) < 4.78 is 28.2. The first-order valence-corrected chi connectivity index (χ1v) is 8.22. The summed E-state index contributed by atoms with van der Waals surface area (Å²) in [6.45, 7) is 1.58. The molecule has 19 heavy (non-hydrogen) atoms. The summed E-state index contributed by atoms with van der Waals surface area (Å²) in [6, 6.07) is 0.0939. The third-order valence-corrected chi connectivity index (χ3v) is 5.07. The van der Waals surface area contributed by atoms with Crippen molar-refractivity contribution in [2.45, 2.75) is 31.7 Å². The molecule has 0 aromatic heterocycles. The number of hydrogen-bond acceptors (Lipinski definition) is 4. The van der Waals surface area contributed by atoms with E-state index in [1.807, 2.05) is 0 Å². The summed E-state index contributed by atoms with van der Waals surface area (Å²) in [4.78, 5) is 11.9. The third-order valence-electron chi connectivity index (χ3n) is 3.43. The molecule has 0 spiro atoms. The molecule has 0 aromatic carbocycles. The molecule has 0 radical (unpaired) electrons. The monoisotopic (exact) mass is 290 g/mol. The Morgan fingerprint density at radius 2 is 2.05 bits per heavy atom. The van der Waals surface area contributed by atoms with Crippen molar-refractivity contribution < 1.29 is 13.2 Å². The quantitative estimate of drug-likeness (QED) is 0.569. The fourth-order valence-corrected chi connectivity index (χ4v) is 3.75. The van der Waals surface area contributed by atoms with Gasteiger partial charge in [-0.1, -0.05) is 0 Å². The summed E-state index contributed by atoms with van der Waals surface area (Å²) in [5, 5.41) is 2.72. The van der Waals surface area contributed by atoms with Gasteiger partial charge in [0.1, 0.15) is 0 Å². The number of carbonyl (C=O) groups excluding carboxylic acids is 1. The number of nitrogens with zero attached hydrogens (tertiary/aromatic N) is 1. The van der Waals surface area contributed by atoms with Gasteiger partial charge in [-0.25, -0.2) is 0 Å². The number of carbonyl (C=O) groups is 1. The highest BCUT2D eigenvalue weighted by atomic mass is 32.2. The lowest BCUT2D eigenvalue weighted by atomic mass is 9.99. The van der Waals surface area contributed by atoms with E-state index in [4.69, 9.17) is 5.73 Å². The van der Waals surface area contributed by atoms with E-state index in [9.17, 15) is 13.2 Å². The molecule has 2 rings (SSSR count). The summed E-state index contributed by atoms with van der Waals surface area (Å²) in [5.41, 5.74) is 5.33. The Morgan fingerprint density at radius 3 is 2.68 bits per heavy atom. The van der Waals surface area contributed by atoms with Gasteiger partial charge in [-0.15, -0.1) is 0 Å². The van der Waals surface area contributed by atoms with E-state index in [1.54, 1.807) is 0 Å². The lowest BCUT2D eigenvalue weighted by molar-refractivity contribution is -0.126. The highest BCUT2D eigenvalue weighted by molar-refractivity contribution is 7.87. The molecule has 1 atom stereocenters. The second-order valence-corrected chi connectivity index (χ2v) is 6.88. The van der Waals surface area contributed by atoms with Gasteiger partial charge in [0.2, 0.25) is 5.91 Å². The van der Waals surface area contributed by atoms with Gasteiger partial charge in [0.25, 0.3) is 10.2 Å². The molecule has 110 valence electrons. The lowest BCUT2D eigenvalue weighted by Crippen LogP contribution is -2.50. The molecule has 1 amide bonds. The molecule has 2 aliphatic rings. The molecule has 1 unspecified atom stereocenters. The number of hydrogen-bond donors (Lipinski definition) is 3. The molecule has 2 fully saturated rings. The molecule has 1 heterocycles. The molecule has 8 heteroatoms. The molecule has 0 aromatic rings. The maximum atomic E-state index is 12.1. The standard InChI is InChI=1S/C11H22N4O3S/c12-5-6-13-11(16)9-2-1-7-15(8-9)19(17,18)14-10-3-4-10/h9-10,14H,1-8,12H2,(H,13,16). The molecule has 0 bridgehead atoms. The molecule has 1 aliphatic heterocycles. The van der Waals surface area contributed by atoms with Crippen LogP contribution in [0.3, 0.4) is 0 Å². The average molecular weight is 290 g/mol. The van der Waals surface area contributed by atoms with E-state index in [2.05, 4.69) is 10.0 Å². The largest absolute Gasteiger partial charge is 0.355 e. The Kier molecular flexibility index (Phi) is 4.77. The van der Waals surface area contributed by atoms with Gasteiger partial charge in [0.15, 0.2) is 0 Å². The van der Waals surface area contributed by atoms with Gasteiger partial charge in [-0.2, -0.15) is 17.4 Å². The van der Waals surface area contributed by atoms with Crippen molar-refractivity contribution in [3.8, 4) is 0 Å². The smallest absolute Gasteiger partial charge is 0.279 e. The minimum atomic E-state index is -3.43. The molecular weight excluding hydrogens is 268 g/mol. The molecule has 1 saturated heterocycles. The van der Waals surface area contributed by atoms with E-state index in [-0.39, 0.29) is 24.4 Å². The Hall–Kier alpha value is -0.700. The zero-order valence-electron chi connectivity index (χ0n) is 11.0. The van der Waals surface area contributed by atoms with Gasteiger partial charge in [0.05, 0.1) is 5.92 Å². The predicted molar refractivity (Wildman–Crippen MR) is 71.4 cm³/mol. The van der Waals surface area contributed by atoms with Crippen LogP contribution in [-0.2, 0) is 15.0 Å². The SMILES string of the molecule is NCCNC(=O)C1CCCN(S(=O)(=O)NC2CC2)C1. The van der Waals surface area contributed by atoms with Crippen LogP contribution in [0.2, 0.25) is 0 Å². The predicted octanol–water partition coefficient (Wildman–Crippen LogP) is -1.23. The minimum Gasteiger partial charge on any atom is -0.355 e. The van der Waals surface area contributed by atoms with Crippen molar-refractivity contribution in [1.29, 1.82) is 0 Å². The first kappa shape index (κ1) is 14.7. The van der Waals surface area contributed by atoms with E-state index in [1.165, 1.54) is 4.31 Å². The minimum absolute atomic E-state index is 0.0939. The maximum Gasteiger partial charge on any atom is 0.279 e.